The Morgan fingerprint density at radius 1 is 1.23 bits per heavy atom. The van der Waals surface area contributed by atoms with Crippen LogP contribution in [0.15, 0.2) is 42.0 Å². The van der Waals surface area contributed by atoms with Crippen molar-refractivity contribution in [3.8, 4) is 11.5 Å². The van der Waals surface area contributed by atoms with E-state index in [-0.39, 0.29) is 37.2 Å². The van der Waals surface area contributed by atoms with Gasteiger partial charge in [0.2, 0.25) is 5.78 Å². The molecule has 4 aliphatic carbocycles. The van der Waals surface area contributed by atoms with Crippen molar-refractivity contribution >= 4 is 17.3 Å². The van der Waals surface area contributed by atoms with Gasteiger partial charge in [-0.3, -0.25) is 9.59 Å². The van der Waals surface area contributed by atoms with Crippen molar-refractivity contribution in [1.82, 2.24) is 0 Å². The molecular weight excluding hydrogens is 560 g/mol. The van der Waals surface area contributed by atoms with Crippen molar-refractivity contribution < 1.29 is 42.4 Å². The van der Waals surface area contributed by atoms with Crippen molar-refractivity contribution in [3.63, 3.8) is 0 Å². The molecule has 0 amide bonds. The third kappa shape index (κ3) is 4.01. The number of ketones is 2. The van der Waals surface area contributed by atoms with E-state index in [1.165, 1.54) is 18.2 Å². The SMILES string of the molecule is CCCC1O[C@@H]2C[C@H]3[C@@H]4C[C@H](F)C5=CC(=O)C=C[C@]5(C)[C@@]4(F)[C@@H](O)C[C@]3(C)[C@]2(C(=O)COc2ccc(NC)c(OC)c2)O1. The van der Waals surface area contributed by atoms with Gasteiger partial charge in [-0.2, -0.15) is 0 Å². The Kier molecular flexibility index (Phi) is 7.29. The Morgan fingerprint density at radius 3 is 2.70 bits per heavy atom. The number of nitrogens with one attached hydrogen (secondary N) is 1. The van der Waals surface area contributed by atoms with E-state index >= 15 is 8.78 Å². The van der Waals surface area contributed by atoms with Crippen molar-refractivity contribution in [2.75, 3.05) is 26.1 Å². The predicted molar refractivity (Wildman–Crippen MR) is 154 cm³/mol. The van der Waals surface area contributed by atoms with Crippen LogP contribution in [0, 0.1) is 22.7 Å². The molecule has 8 nitrogen and oxygen atoms in total. The highest BCUT2D eigenvalue weighted by Gasteiger charge is 2.80. The van der Waals surface area contributed by atoms with Crippen molar-refractivity contribution in [2.24, 2.45) is 22.7 Å². The van der Waals surface area contributed by atoms with Crippen LogP contribution in [0.3, 0.4) is 0 Å². The van der Waals surface area contributed by atoms with Gasteiger partial charge in [0, 0.05) is 29.9 Å². The number of methoxy groups -OCH3 is 1. The van der Waals surface area contributed by atoms with Gasteiger partial charge in [-0.1, -0.05) is 26.3 Å². The number of anilines is 1. The number of hydrogen-bond acceptors (Lipinski definition) is 8. The van der Waals surface area contributed by atoms with Crippen molar-refractivity contribution in [3.05, 3.63) is 42.0 Å². The number of aliphatic hydroxyl groups is 1. The Balaban J connectivity index is 1.36. The summed E-state index contributed by atoms with van der Waals surface area (Å²) >= 11 is 0. The second-order valence-electron chi connectivity index (χ2n) is 13.1. The van der Waals surface area contributed by atoms with Crippen LogP contribution in [0.5, 0.6) is 11.5 Å². The number of hydrogen-bond donors (Lipinski definition) is 2. The maximum absolute atomic E-state index is 17.6. The van der Waals surface area contributed by atoms with Gasteiger partial charge in [-0.05, 0) is 68.4 Å². The zero-order valence-electron chi connectivity index (χ0n) is 25.3. The number of rotatable bonds is 8. The van der Waals surface area contributed by atoms with Gasteiger partial charge < -0.3 is 29.4 Å². The fraction of sp³-hybridized carbons (Fsp3) is 0.636. The van der Waals surface area contributed by atoms with E-state index in [1.54, 1.807) is 39.3 Å². The zero-order valence-corrected chi connectivity index (χ0v) is 25.3. The third-order valence-corrected chi connectivity index (χ3v) is 11.2. The lowest BCUT2D eigenvalue weighted by Gasteiger charge is -2.63. The van der Waals surface area contributed by atoms with Gasteiger partial charge >= 0.3 is 0 Å². The summed E-state index contributed by atoms with van der Waals surface area (Å²) in [6.45, 7) is 5.06. The van der Waals surface area contributed by atoms with Gasteiger partial charge in [0.15, 0.2) is 23.3 Å². The molecule has 0 radical (unpaired) electrons. The van der Waals surface area contributed by atoms with Crippen LogP contribution in [0.4, 0.5) is 14.5 Å². The number of carbonyl (C=O) groups is 2. The molecule has 10 heteroatoms. The van der Waals surface area contributed by atoms with E-state index in [9.17, 15) is 14.7 Å². The summed E-state index contributed by atoms with van der Waals surface area (Å²) in [4.78, 5) is 26.5. The third-order valence-electron chi connectivity index (χ3n) is 11.2. The summed E-state index contributed by atoms with van der Waals surface area (Å²) in [7, 11) is 3.31. The standard InChI is InChI=1S/C33H41F2NO7/c1-6-7-29-42-28-15-20-21-14-23(34)22-12-18(37)10-11-30(22,2)32(21,35)26(38)16-31(20,3)33(28,43-29)27(39)17-41-19-8-9-24(36-4)25(13-19)40-5/h8-13,20-21,23,26,28-29,36,38H,6-7,14-17H2,1-5H3/t20-,21-,23-,26-,28+,29?,30-,31-,32-,33+/m0/s1. The second kappa shape index (κ2) is 10.4. The van der Waals surface area contributed by atoms with Crippen LogP contribution in [0.2, 0.25) is 0 Å². The number of alkyl halides is 2. The Labute approximate surface area is 250 Å². The van der Waals surface area contributed by atoms with Crippen LogP contribution in [-0.4, -0.2) is 73.4 Å². The smallest absolute Gasteiger partial charge is 0.205 e. The van der Waals surface area contributed by atoms with Gasteiger partial charge in [0.1, 0.15) is 24.3 Å². The molecule has 1 aromatic carbocycles. The number of Topliss-reactive ketones (excluding diaryl/α,β-unsaturated/α-hetero) is 1. The fourth-order valence-corrected chi connectivity index (χ4v) is 9.11. The van der Waals surface area contributed by atoms with Gasteiger partial charge in [-0.15, -0.1) is 0 Å². The first kappa shape index (κ1) is 30.2. The van der Waals surface area contributed by atoms with E-state index in [1.807, 2.05) is 13.8 Å². The summed E-state index contributed by atoms with van der Waals surface area (Å²) in [6, 6.07) is 5.19. The number of ether oxygens (including phenoxy) is 4. The molecule has 1 aliphatic heterocycles. The lowest BCUT2D eigenvalue weighted by molar-refractivity contribution is -0.234. The number of carbonyl (C=O) groups excluding carboxylic acids is 2. The molecule has 1 unspecified atom stereocenters. The fourth-order valence-electron chi connectivity index (χ4n) is 9.11. The molecule has 1 heterocycles. The van der Waals surface area contributed by atoms with E-state index in [0.717, 1.165) is 12.1 Å². The van der Waals surface area contributed by atoms with Crippen LogP contribution >= 0.6 is 0 Å². The first-order chi connectivity index (χ1) is 20.4. The lowest BCUT2D eigenvalue weighted by atomic mass is 9.44. The van der Waals surface area contributed by atoms with Gasteiger partial charge in [0.05, 0.1) is 25.0 Å². The maximum Gasteiger partial charge on any atom is 0.205 e. The monoisotopic (exact) mass is 601 g/mol. The predicted octanol–water partition coefficient (Wildman–Crippen LogP) is 4.89. The van der Waals surface area contributed by atoms with Crippen molar-refractivity contribution in [2.45, 2.75) is 88.8 Å². The minimum atomic E-state index is -2.25. The van der Waals surface area contributed by atoms with Crippen LogP contribution < -0.4 is 14.8 Å². The minimum absolute atomic E-state index is 0.0639. The van der Waals surface area contributed by atoms with E-state index in [4.69, 9.17) is 18.9 Å². The quantitative estimate of drug-likeness (QED) is 0.434. The highest BCUT2D eigenvalue weighted by Crippen LogP contribution is 2.72. The summed E-state index contributed by atoms with van der Waals surface area (Å²) < 4.78 is 57.8. The number of halogens is 2. The summed E-state index contributed by atoms with van der Waals surface area (Å²) in [6.07, 6.45) is 0.679. The Morgan fingerprint density at radius 2 is 2.00 bits per heavy atom. The van der Waals surface area contributed by atoms with Gasteiger partial charge in [0.25, 0.3) is 0 Å². The van der Waals surface area contributed by atoms with Gasteiger partial charge in [-0.25, -0.2) is 8.78 Å². The first-order valence-corrected chi connectivity index (χ1v) is 15.2. The molecule has 234 valence electrons. The molecule has 2 N–H and O–H groups in total. The van der Waals surface area contributed by atoms with E-state index in [0.29, 0.717) is 17.9 Å². The second-order valence-corrected chi connectivity index (χ2v) is 13.1. The first-order valence-electron chi connectivity index (χ1n) is 15.2. The molecule has 10 atom stereocenters. The molecule has 0 spiro atoms. The largest absolute Gasteiger partial charge is 0.494 e. The molecule has 43 heavy (non-hydrogen) atoms. The highest BCUT2D eigenvalue weighted by atomic mass is 19.1. The summed E-state index contributed by atoms with van der Waals surface area (Å²) in [5, 5.41) is 14.8. The molecule has 3 saturated carbocycles. The summed E-state index contributed by atoms with van der Waals surface area (Å²) in [5.41, 5.74) is -5.53. The topological polar surface area (TPSA) is 103 Å². The van der Waals surface area contributed by atoms with Crippen LogP contribution in [0.1, 0.15) is 52.9 Å². The minimum Gasteiger partial charge on any atom is -0.494 e. The normalized spacial score (nSPS) is 42.8. The molecular formula is C33H41F2NO7. The average molecular weight is 602 g/mol. The Bertz CT molecular complexity index is 1380. The average Bonchev–Trinajstić information content (AvgIpc) is 3.46. The lowest BCUT2D eigenvalue weighted by Crippen LogP contribution is -2.71. The summed E-state index contributed by atoms with van der Waals surface area (Å²) in [5.74, 6) is -1.26. The Hall–Kier alpha value is -2.82. The number of fused-ring (bicyclic) bond motifs is 7. The molecule has 1 saturated heterocycles. The zero-order chi connectivity index (χ0) is 30.9. The molecule has 1 aromatic rings. The van der Waals surface area contributed by atoms with Crippen LogP contribution in [0.25, 0.3) is 0 Å². The van der Waals surface area contributed by atoms with Crippen molar-refractivity contribution in [1.29, 1.82) is 0 Å². The molecule has 0 bridgehead atoms. The maximum atomic E-state index is 17.6. The highest BCUT2D eigenvalue weighted by molar-refractivity contribution is 6.01. The molecule has 6 rings (SSSR count). The van der Waals surface area contributed by atoms with E-state index in [2.05, 4.69) is 5.32 Å². The molecule has 4 fully saturated rings. The van der Waals surface area contributed by atoms with E-state index < -0.39 is 64.4 Å². The molecule has 5 aliphatic rings. The number of allylic oxidation sites excluding steroid dienone is 4. The molecule has 0 aromatic heterocycles. The number of benzene rings is 1. The number of aliphatic hydroxyl groups excluding tert-OH is 1. The van der Waals surface area contributed by atoms with Crippen LogP contribution in [-0.2, 0) is 19.1 Å².